The number of likely N-dealkylation sites (tertiary alicyclic amines) is 1. The number of urea groups is 1. The van der Waals surface area contributed by atoms with Gasteiger partial charge in [0.05, 0.1) is 5.57 Å². The molecule has 1 unspecified atom stereocenters. The standard InChI is InChI=1S/C34H39N9O4/c1-20(2)32(45)40-15-12-23(13-16-40)27-17-25(29-30(35)37-19-38-43(27)29)22-8-10-24(11-9-22)39-31(44)26-18-41(21(3)4)34(47)42(33(26)46)28-7-5-6-14-36-28/h5-11,14,17-21,23,33,46H,12-13,15-16H2,1-4H3,(H,39,44)(H2,35,37,38). The van der Waals surface area contributed by atoms with Crippen LogP contribution in [0.2, 0.25) is 0 Å². The number of aromatic nitrogens is 4. The van der Waals surface area contributed by atoms with Crippen LogP contribution < -0.4 is 16.0 Å². The maximum atomic E-state index is 13.5. The molecule has 0 spiro atoms. The van der Waals surface area contributed by atoms with Gasteiger partial charge >= 0.3 is 6.03 Å². The number of amides is 4. The number of hydrogen-bond acceptors (Lipinski definition) is 8. The number of piperidine rings is 1. The molecule has 1 aromatic carbocycles. The van der Waals surface area contributed by atoms with Gasteiger partial charge in [0, 0.05) is 60.3 Å². The predicted molar refractivity (Wildman–Crippen MR) is 178 cm³/mol. The summed E-state index contributed by atoms with van der Waals surface area (Å²) >= 11 is 0. The quantitative estimate of drug-likeness (QED) is 0.271. The molecule has 13 heteroatoms. The zero-order valence-electron chi connectivity index (χ0n) is 26.9. The van der Waals surface area contributed by atoms with Crippen molar-refractivity contribution in [3.8, 4) is 11.1 Å². The number of anilines is 3. The van der Waals surface area contributed by atoms with Gasteiger partial charge in [-0.05, 0) is 62.6 Å². The Morgan fingerprint density at radius 2 is 1.74 bits per heavy atom. The number of fused-ring (bicyclic) bond motifs is 1. The monoisotopic (exact) mass is 637 g/mol. The minimum absolute atomic E-state index is 0.00200. The molecule has 0 bridgehead atoms. The first-order valence-corrected chi connectivity index (χ1v) is 15.8. The minimum atomic E-state index is -1.53. The van der Waals surface area contributed by atoms with Crippen LogP contribution in [-0.2, 0) is 9.59 Å². The number of rotatable bonds is 7. The van der Waals surface area contributed by atoms with E-state index in [0.29, 0.717) is 30.1 Å². The van der Waals surface area contributed by atoms with Crippen molar-refractivity contribution in [1.29, 1.82) is 0 Å². The van der Waals surface area contributed by atoms with Gasteiger partial charge in [0.15, 0.2) is 12.0 Å². The highest BCUT2D eigenvalue weighted by atomic mass is 16.3. The van der Waals surface area contributed by atoms with Crippen molar-refractivity contribution in [2.24, 2.45) is 5.92 Å². The van der Waals surface area contributed by atoms with Crippen LogP contribution in [0.4, 0.5) is 22.1 Å². The van der Waals surface area contributed by atoms with Gasteiger partial charge in [0.25, 0.3) is 5.91 Å². The fraction of sp³-hybridized carbons (Fsp3) is 0.353. The van der Waals surface area contributed by atoms with E-state index < -0.39 is 18.2 Å². The van der Waals surface area contributed by atoms with Crippen LogP contribution in [0.5, 0.6) is 0 Å². The Morgan fingerprint density at radius 1 is 1.02 bits per heavy atom. The lowest BCUT2D eigenvalue weighted by molar-refractivity contribution is -0.135. The Morgan fingerprint density at radius 3 is 2.38 bits per heavy atom. The van der Waals surface area contributed by atoms with Gasteiger partial charge in [0.2, 0.25) is 5.91 Å². The molecule has 47 heavy (non-hydrogen) atoms. The molecule has 0 radical (unpaired) electrons. The molecule has 1 fully saturated rings. The molecule has 1 atom stereocenters. The molecule has 2 aliphatic rings. The summed E-state index contributed by atoms with van der Waals surface area (Å²) in [4.78, 5) is 52.1. The Hall–Kier alpha value is -5.30. The van der Waals surface area contributed by atoms with Crippen molar-refractivity contribution in [2.75, 3.05) is 29.0 Å². The summed E-state index contributed by atoms with van der Waals surface area (Å²) in [5, 5.41) is 18.5. The number of hydrogen-bond donors (Lipinski definition) is 3. The number of carbonyl (C=O) groups excluding carboxylic acids is 3. The molecule has 2 aliphatic heterocycles. The van der Waals surface area contributed by atoms with Gasteiger partial charge in [-0.1, -0.05) is 32.0 Å². The highest BCUT2D eigenvalue weighted by Gasteiger charge is 2.39. The van der Waals surface area contributed by atoms with Gasteiger partial charge in [-0.25, -0.2) is 24.2 Å². The van der Waals surface area contributed by atoms with Crippen LogP contribution in [0.15, 0.2) is 72.8 Å². The first-order valence-electron chi connectivity index (χ1n) is 15.8. The third-order valence-electron chi connectivity index (χ3n) is 8.73. The third-order valence-corrected chi connectivity index (χ3v) is 8.73. The molecule has 4 N–H and O–H groups in total. The normalized spacial score (nSPS) is 17.5. The van der Waals surface area contributed by atoms with E-state index in [-0.39, 0.29) is 35.2 Å². The molecule has 4 amide bonds. The average Bonchev–Trinajstić information content (AvgIpc) is 3.46. The summed E-state index contributed by atoms with van der Waals surface area (Å²) in [7, 11) is 0. The average molecular weight is 638 g/mol. The number of nitrogens with two attached hydrogens (primary N) is 1. The van der Waals surface area contributed by atoms with E-state index in [0.717, 1.165) is 34.6 Å². The largest absolute Gasteiger partial charge is 0.382 e. The fourth-order valence-corrected chi connectivity index (χ4v) is 6.21. The molecule has 1 saturated heterocycles. The molecule has 6 rings (SSSR count). The lowest BCUT2D eigenvalue weighted by Gasteiger charge is -2.38. The van der Waals surface area contributed by atoms with Gasteiger partial charge in [-0.3, -0.25) is 14.5 Å². The van der Waals surface area contributed by atoms with Gasteiger partial charge in [0.1, 0.15) is 17.7 Å². The number of aliphatic hydroxyl groups is 1. The van der Waals surface area contributed by atoms with E-state index in [2.05, 4.69) is 26.4 Å². The number of nitrogen functional groups attached to an aromatic ring is 1. The van der Waals surface area contributed by atoms with E-state index in [1.807, 2.05) is 49.2 Å². The summed E-state index contributed by atoms with van der Waals surface area (Å²) in [6.07, 6.45) is 4.46. The maximum absolute atomic E-state index is 13.5. The van der Waals surface area contributed by atoms with Crippen molar-refractivity contribution in [3.05, 3.63) is 78.5 Å². The first kappa shape index (κ1) is 31.7. The zero-order valence-corrected chi connectivity index (χ0v) is 26.9. The highest BCUT2D eigenvalue weighted by molar-refractivity contribution is 6.08. The van der Waals surface area contributed by atoms with Crippen molar-refractivity contribution < 1.29 is 19.5 Å². The number of benzene rings is 1. The van der Waals surface area contributed by atoms with Crippen molar-refractivity contribution in [3.63, 3.8) is 0 Å². The van der Waals surface area contributed by atoms with Crippen LogP contribution in [0.1, 0.15) is 52.1 Å². The summed E-state index contributed by atoms with van der Waals surface area (Å²) in [6, 6.07) is 13.6. The smallest absolute Gasteiger partial charge is 0.332 e. The lowest BCUT2D eigenvalue weighted by Crippen LogP contribution is -2.55. The topological polar surface area (TPSA) is 162 Å². The molecule has 3 aromatic heterocycles. The first-order chi connectivity index (χ1) is 22.5. The van der Waals surface area contributed by atoms with Crippen molar-refractivity contribution in [2.45, 2.75) is 58.7 Å². The molecule has 0 saturated carbocycles. The summed E-state index contributed by atoms with van der Waals surface area (Å²) in [5.41, 5.74) is 10.3. The number of pyridine rings is 1. The van der Waals surface area contributed by atoms with E-state index in [1.54, 1.807) is 30.3 Å². The molecular formula is C34H39N9O4. The van der Waals surface area contributed by atoms with E-state index >= 15 is 0 Å². The third kappa shape index (κ3) is 6.01. The Bertz CT molecular complexity index is 1830. The maximum Gasteiger partial charge on any atom is 0.332 e. The second kappa shape index (κ2) is 12.8. The number of carbonyl (C=O) groups is 3. The number of aliphatic hydroxyl groups excluding tert-OH is 1. The van der Waals surface area contributed by atoms with Gasteiger partial charge in [-0.2, -0.15) is 5.10 Å². The van der Waals surface area contributed by atoms with Crippen molar-refractivity contribution >= 4 is 40.7 Å². The molecule has 0 aliphatic carbocycles. The van der Waals surface area contributed by atoms with Crippen LogP contribution in [0.3, 0.4) is 0 Å². The zero-order chi connectivity index (χ0) is 33.4. The summed E-state index contributed by atoms with van der Waals surface area (Å²) in [5.74, 6) is 0.367. The minimum Gasteiger partial charge on any atom is -0.382 e. The summed E-state index contributed by atoms with van der Waals surface area (Å²) in [6.45, 7) is 8.87. The molecule has 244 valence electrons. The number of nitrogens with one attached hydrogen (secondary N) is 1. The molecule has 4 aromatic rings. The molecule has 13 nitrogen and oxygen atoms in total. The fourth-order valence-electron chi connectivity index (χ4n) is 6.21. The van der Waals surface area contributed by atoms with Crippen LogP contribution in [0, 0.1) is 5.92 Å². The van der Waals surface area contributed by atoms with E-state index in [1.165, 1.54) is 23.6 Å². The van der Waals surface area contributed by atoms with Crippen LogP contribution >= 0.6 is 0 Å². The lowest BCUT2D eigenvalue weighted by atomic mass is 9.92. The molecule has 5 heterocycles. The van der Waals surface area contributed by atoms with Crippen LogP contribution in [-0.4, -0.2) is 77.7 Å². The second-order valence-corrected chi connectivity index (χ2v) is 12.5. The Balaban J connectivity index is 1.24. The second-order valence-electron chi connectivity index (χ2n) is 12.5. The van der Waals surface area contributed by atoms with E-state index in [9.17, 15) is 19.5 Å². The SMILES string of the molecule is CC(C)C(=O)N1CCC(c2cc(-c3ccc(NC(=O)C4=CN(C(C)C)C(=O)N(c5ccccn5)C4O)cc3)c3c(N)ncnn23)CC1. The summed E-state index contributed by atoms with van der Waals surface area (Å²) < 4.78 is 1.85. The Labute approximate surface area is 272 Å². The predicted octanol–water partition coefficient (Wildman–Crippen LogP) is 4.23. The Kier molecular flexibility index (Phi) is 8.65. The van der Waals surface area contributed by atoms with Crippen molar-refractivity contribution in [1.82, 2.24) is 29.4 Å². The highest BCUT2D eigenvalue weighted by Crippen LogP contribution is 2.37. The van der Waals surface area contributed by atoms with Gasteiger partial charge < -0.3 is 21.1 Å². The van der Waals surface area contributed by atoms with Gasteiger partial charge in [-0.15, -0.1) is 0 Å². The van der Waals surface area contributed by atoms with Crippen LogP contribution in [0.25, 0.3) is 16.6 Å². The number of nitrogens with zero attached hydrogens (tertiary/aromatic N) is 7. The molecular weight excluding hydrogens is 598 g/mol. The van der Waals surface area contributed by atoms with E-state index in [4.69, 9.17) is 5.73 Å².